The Bertz CT molecular complexity index is 2300. The summed E-state index contributed by atoms with van der Waals surface area (Å²) in [5, 5.41) is 146. The van der Waals surface area contributed by atoms with Gasteiger partial charge < -0.3 is 105 Å². The second kappa shape index (κ2) is 19.9. The first-order valence-corrected chi connectivity index (χ1v) is 19.9. The molecule has 3 aliphatic rings. The van der Waals surface area contributed by atoms with Crippen LogP contribution in [0, 0.1) is 0 Å². The summed E-state index contributed by atoms with van der Waals surface area (Å²) in [4.78, 5) is 12.8. The lowest BCUT2D eigenvalue weighted by atomic mass is 9.97. The molecule has 14 N–H and O–H groups in total. The molecule has 0 radical (unpaired) electrons. The average molecular weight is 920 g/mol. The maximum absolute atomic E-state index is 12.8. The van der Waals surface area contributed by atoms with Crippen molar-refractivity contribution in [3.8, 4) is 45.8 Å². The zero-order chi connectivity index (χ0) is 46.9. The van der Waals surface area contributed by atoms with Gasteiger partial charge in [0.15, 0.2) is 23.9 Å². The normalized spacial score (nSPS) is 32.9. The number of benzene rings is 3. The number of esters is 1. The van der Waals surface area contributed by atoms with Gasteiger partial charge in [-0.25, -0.2) is 9.21 Å². The number of hydrogen-bond donors (Lipinski definition) is 14. The van der Waals surface area contributed by atoms with Crippen LogP contribution in [-0.2, 0) is 28.5 Å². The second-order valence-electron chi connectivity index (χ2n) is 15.3. The molecule has 4 aromatic rings. The number of fused-ring (bicyclic) bond motifs is 1. The topological polar surface area (TPSA) is 376 Å². The first-order chi connectivity index (χ1) is 31.0. The standard InChI is InChI=1S/C42H46O23/c43-13-26-30(50)33(53)36(56)40(62-26)60-24-11-19(46)10-23-20(24)12-25(38(59-23)17-4-7-21(47)22(48)9-17)61-42-39(65-41-37(57)34(54)31(51)27(14-44)63-41)35(55)32(52)28(64-42)15-58-29(49)8-3-16-1-5-18(45)6-2-16/h1-12,26-28,30-37,39-44,50-57H,13-15H2,(H3-,45,46,47,48,49)/p+1. The number of aliphatic hydroxyl groups is 10. The fraction of sp³-hybridized carbons (Fsp3) is 0.429. The highest BCUT2D eigenvalue weighted by molar-refractivity contribution is 5.89. The highest BCUT2D eigenvalue weighted by Gasteiger charge is 2.52. The number of carbonyl (C=O) groups is 1. The van der Waals surface area contributed by atoms with E-state index in [4.69, 9.17) is 37.6 Å². The molecule has 65 heavy (non-hydrogen) atoms. The number of ether oxygens (including phenoxy) is 7. The third-order valence-electron chi connectivity index (χ3n) is 10.9. The summed E-state index contributed by atoms with van der Waals surface area (Å²) in [6, 6.07) is 12.6. The van der Waals surface area contributed by atoms with Gasteiger partial charge in [0.25, 0.3) is 0 Å². The largest absolute Gasteiger partial charge is 0.508 e. The summed E-state index contributed by atoms with van der Waals surface area (Å²) < 4.78 is 46.5. The number of carbonyl (C=O) groups excluding carboxylic acids is 1. The molecule has 0 aliphatic carbocycles. The molecule has 0 saturated carbocycles. The van der Waals surface area contributed by atoms with Gasteiger partial charge in [-0.05, 0) is 35.9 Å². The average Bonchev–Trinajstić information content (AvgIpc) is 3.29. The molecule has 3 aliphatic heterocycles. The van der Waals surface area contributed by atoms with E-state index in [1.165, 1.54) is 42.5 Å². The summed E-state index contributed by atoms with van der Waals surface area (Å²) >= 11 is 0. The van der Waals surface area contributed by atoms with E-state index in [9.17, 15) is 76.3 Å². The van der Waals surface area contributed by atoms with Gasteiger partial charge in [-0.2, -0.15) is 0 Å². The minimum Gasteiger partial charge on any atom is -0.508 e. The molecule has 3 fully saturated rings. The number of phenols is 4. The van der Waals surface area contributed by atoms with E-state index in [0.717, 1.165) is 30.3 Å². The summed E-state index contributed by atoms with van der Waals surface area (Å²) in [6.45, 7) is -2.40. The van der Waals surface area contributed by atoms with Gasteiger partial charge in [0.05, 0.1) is 24.8 Å². The van der Waals surface area contributed by atoms with Gasteiger partial charge in [-0.15, -0.1) is 0 Å². The lowest BCUT2D eigenvalue weighted by molar-refractivity contribution is -0.357. The Balaban J connectivity index is 1.27. The Hall–Kier alpha value is -5.48. The molecule has 352 valence electrons. The van der Waals surface area contributed by atoms with E-state index in [1.54, 1.807) is 0 Å². The van der Waals surface area contributed by atoms with Crippen LogP contribution in [0.25, 0.3) is 28.4 Å². The van der Waals surface area contributed by atoms with E-state index in [0.29, 0.717) is 5.56 Å². The van der Waals surface area contributed by atoms with Crippen LogP contribution in [0.1, 0.15) is 5.56 Å². The van der Waals surface area contributed by atoms with E-state index in [1.807, 2.05) is 0 Å². The number of aromatic hydroxyl groups is 4. The van der Waals surface area contributed by atoms with Crippen LogP contribution in [-0.4, -0.2) is 189 Å². The van der Waals surface area contributed by atoms with E-state index in [-0.39, 0.29) is 33.8 Å². The summed E-state index contributed by atoms with van der Waals surface area (Å²) in [5.41, 5.74) is 0.325. The van der Waals surface area contributed by atoms with Crippen molar-refractivity contribution in [1.29, 1.82) is 0 Å². The van der Waals surface area contributed by atoms with E-state index < -0.39 is 141 Å². The van der Waals surface area contributed by atoms with Gasteiger partial charge in [0.2, 0.25) is 18.3 Å². The molecule has 1 aromatic heterocycles. The molecule has 3 aromatic carbocycles. The predicted octanol–water partition coefficient (Wildman–Crippen LogP) is -2.35. The Morgan fingerprint density at radius 3 is 1.85 bits per heavy atom. The molecule has 3 saturated heterocycles. The minimum absolute atomic E-state index is 0.00867. The van der Waals surface area contributed by atoms with Crippen molar-refractivity contribution in [3.05, 3.63) is 72.3 Å². The molecule has 4 heterocycles. The molecule has 0 spiro atoms. The number of phenolic OH excluding ortho intramolecular Hbond substituents is 4. The lowest BCUT2D eigenvalue weighted by Crippen LogP contribution is -2.65. The third kappa shape index (κ3) is 10.2. The van der Waals surface area contributed by atoms with Crippen molar-refractivity contribution >= 4 is 23.0 Å². The number of rotatable bonds is 13. The summed E-state index contributed by atoms with van der Waals surface area (Å²) in [5.74, 6) is -3.61. The fourth-order valence-electron chi connectivity index (χ4n) is 7.22. The molecule has 23 nitrogen and oxygen atoms in total. The maximum atomic E-state index is 12.8. The summed E-state index contributed by atoms with van der Waals surface area (Å²) in [7, 11) is 0. The lowest BCUT2D eigenvalue weighted by Gasteiger charge is -2.45. The molecular formula is C42H47O23+. The third-order valence-corrected chi connectivity index (χ3v) is 10.9. The van der Waals surface area contributed by atoms with Crippen molar-refractivity contribution < 1.29 is 114 Å². The number of aliphatic hydroxyl groups excluding tert-OH is 10. The highest BCUT2D eigenvalue weighted by atomic mass is 16.8. The van der Waals surface area contributed by atoms with E-state index >= 15 is 0 Å². The SMILES string of the molecule is O=C(C=Cc1ccc(O)cc1)OCC1OC(Oc2cc3c(OC4OC(CO)C(O)C(O)C4O)cc(O)cc3[o+]c2-c2ccc(O)c(O)c2)C(OC2OC(CO)C(O)C(O)C2O)C(O)C1O. The quantitative estimate of drug-likeness (QED) is 0.0289. The Morgan fingerprint density at radius 2 is 1.20 bits per heavy atom. The Kier molecular flexibility index (Phi) is 14.6. The monoisotopic (exact) mass is 919 g/mol. The smallest absolute Gasteiger partial charge is 0.402 e. The Labute approximate surface area is 366 Å². The molecule has 0 bridgehead atoms. The predicted molar refractivity (Wildman–Crippen MR) is 213 cm³/mol. The molecule has 15 atom stereocenters. The minimum atomic E-state index is -2.07. The van der Waals surface area contributed by atoms with Crippen LogP contribution in [0.2, 0.25) is 0 Å². The van der Waals surface area contributed by atoms with Gasteiger partial charge in [0, 0.05) is 24.3 Å². The van der Waals surface area contributed by atoms with Crippen molar-refractivity contribution in [1.82, 2.24) is 0 Å². The molecular weight excluding hydrogens is 872 g/mol. The van der Waals surface area contributed by atoms with Crippen LogP contribution < -0.4 is 9.47 Å². The van der Waals surface area contributed by atoms with Gasteiger partial charge in [-0.3, -0.25) is 0 Å². The molecule has 0 amide bonds. The van der Waals surface area contributed by atoms with Crippen LogP contribution in [0.4, 0.5) is 0 Å². The Morgan fingerprint density at radius 1 is 0.600 bits per heavy atom. The first-order valence-electron chi connectivity index (χ1n) is 19.9. The maximum Gasteiger partial charge on any atom is 0.402 e. The first kappa shape index (κ1) is 47.5. The fourth-order valence-corrected chi connectivity index (χ4v) is 7.22. The van der Waals surface area contributed by atoms with Gasteiger partial charge in [-0.1, -0.05) is 12.1 Å². The van der Waals surface area contributed by atoms with Crippen LogP contribution in [0.5, 0.6) is 34.5 Å². The van der Waals surface area contributed by atoms with Crippen molar-refractivity contribution in [3.63, 3.8) is 0 Å². The molecule has 7 rings (SSSR count). The second-order valence-corrected chi connectivity index (χ2v) is 15.3. The van der Waals surface area contributed by atoms with Crippen molar-refractivity contribution in [2.24, 2.45) is 0 Å². The van der Waals surface area contributed by atoms with Crippen LogP contribution in [0.15, 0.2) is 71.2 Å². The summed E-state index contributed by atoms with van der Waals surface area (Å²) in [6.07, 6.45) is -25.0. The zero-order valence-electron chi connectivity index (χ0n) is 33.6. The van der Waals surface area contributed by atoms with E-state index in [2.05, 4.69) is 0 Å². The van der Waals surface area contributed by atoms with Crippen LogP contribution >= 0.6 is 0 Å². The highest BCUT2D eigenvalue weighted by Crippen LogP contribution is 2.44. The molecule has 23 heteroatoms. The number of hydrogen-bond acceptors (Lipinski definition) is 22. The van der Waals surface area contributed by atoms with Crippen molar-refractivity contribution in [2.45, 2.75) is 92.1 Å². The van der Waals surface area contributed by atoms with Crippen LogP contribution in [0.3, 0.4) is 0 Å². The van der Waals surface area contributed by atoms with Gasteiger partial charge >= 0.3 is 17.3 Å². The van der Waals surface area contributed by atoms with Crippen molar-refractivity contribution in [2.75, 3.05) is 19.8 Å². The van der Waals surface area contributed by atoms with Gasteiger partial charge in [0.1, 0.15) is 96.4 Å². The zero-order valence-corrected chi connectivity index (χ0v) is 33.6. The molecule has 15 unspecified atom stereocenters.